The molecule has 0 bridgehead atoms. The molecule has 0 aromatic heterocycles. The lowest BCUT2D eigenvalue weighted by Crippen LogP contribution is -2.17. The number of allylic oxidation sites excluding steroid dienone is 2. The average molecular weight is 401 g/mol. The fourth-order valence-electron chi connectivity index (χ4n) is 2.31. The van der Waals surface area contributed by atoms with Crippen LogP contribution in [0.2, 0.25) is 0 Å². The van der Waals surface area contributed by atoms with Gasteiger partial charge < -0.3 is 10.1 Å². The molecule has 0 radical (unpaired) electrons. The third-order valence-corrected chi connectivity index (χ3v) is 3.45. The van der Waals surface area contributed by atoms with Gasteiger partial charge in [0.05, 0.1) is 24.1 Å². The largest absolute Gasteiger partial charge is 0.465 e. The van der Waals surface area contributed by atoms with Crippen LogP contribution in [0.4, 0.5) is 5.69 Å². The van der Waals surface area contributed by atoms with Crippen LogP contribution < -0.4 is 5.32 Å². The molecule has 1 amide bonds. The van der Waals surface area contributed by atoms with Gasteiger partial charge in [-0.2, -0.15) is 5.10 Å². The third-order valence-electron chi connectivity index (χ3n) is 3.45. The summed E-state index contributed by atoms with van der Waals surface area (Å²) in [6, 6.07) is 5.04. The molecule has 0 aliphatic carbocycles. The summed E-state index contributed by atoms with van der Waals surface area (Å²) in [6.45, 7) is 16.8. The Labute approximate surface area is 173 Å². The van der Waals surface area contributed by atoms with E-state index < -0.39 is 5.97 Å². The highest BCUT2D eigenvalue weighted by molar-refractivity contribution is 6.11. The number of hydrogen-bond donors (Lipinski definition) is 1. The van der Waals surface area contributed by atoms with E-state index in [4.69, 9.17) is 4.74 Å². The number of methoxy groups -OCH3 is 1. The maximum Gasteiger partial charge on any atom is 0.339 e. The van der Waals surface area contributed by atoms with Crippen molar-refractivity contribution in [2.24, 2.45) is 10.1 Å². The lowest BCUT2D eigenvalue weighted by Gasteiger charge is -2.21. The Morgan fingerprint density at radius 1 is 1.14 bits per heavy atom. The Morgan fingerprint density at radius 2 is 1.76 bits per heavy atom. The molecule has 1 aromatic carbocycles. The van der Waals surface area contributed by atoms with Crippen molar-refractivity contribution in [2.45, 2.75) is 48.5 Å². The predicted octanol–water partition coefficient (Wildman–Crippen LogP) is 4.97. The Balaban J connectivity index is 0.00000184. The van der Waals surface area contributed by atoms with Crippen LogP contribution in [0.5, 0.6) is 0 Å². The minimum absolute atomic E-state index is 0.277. The molecule has 29 heavy (non-hydrogen) atoms. The van der Waals surface area contributed by atoms with Gasteiger partial charge in [0.2, 0.25) is 5.91 Å². The van der Waals surface area contributed by atoms with Crippen molar-refractivity contribution in [1.82, 2.24) is 5.01 Å². The molecule has 1 aromatic rings. The molecule has 158 valence electrons. The van der Waals surface area contributed by atoms with E-state index >= 15 is 0 Å². The number of nitrogens with one attached hydrogen (secondary N) is 1. The van der Waals surface area contributed by atoms with Crippen molar-refractivity contribution in [3.63, 3.8) is 0 Å². The second-order valence-corrected chi connectivity index (χ2v) is 5.56. The van der Waals surface area contributed by atoms with Gasteiger partial charge in [-0.3, -0.25) is 4.79 Å². The Kier molecular flexibility index (Phi) is 11.6. The van der Waals surface area contributed by atoms with Crippen LogP contribution in [0.15, 0.2) is 52.0 Å². The van der Waals surface area contributed by atoms with Crippen molar-refractivity contribution in [2.75, 3.05) is 12.4 Å². The van der Waals surface area contributed by atoms with Gasteiger partial charge in [0, 0.05) is 25.4 Å². The zero-order valence-electron chi connectivity index (χ0n) is 18.7. The van der Waals surface area contributed by atoms with Gasteiger partial charge in [0.25, 0.3) is 0 Å². The van der Waals surface area contributed by atoms with E-state index in [-0.39, 0.29) is 11.5 Å². The predicted molar refractivity (Wildman–Crippen MR) is 120 cm³/mol. The van der Waals surface area contributed by atoms with Gasteiger partial charge in [0.15, 0.2) is 5.82 Å². The van der Waals surface area contributed by atoms with Crippen LogP contribution in [0.25, 0.3) is 0 Å². The van der Waals surface area contributed by atoms with E-state index in [1.807, 2.05) is 41.5 Å². The zero-order chi connectivity index (χ0) is 22.6. The van der Waals surface area contributed by atoms with Crippen LogP contribution in [0.1, 0.15) is 64.4 Å². The van der Waals surface area contributed by atoms with Crippen molar-refractivity contribution in [3.8, 4) is 0 Å². The van der Waals surface area contributed by atoms with Crippen LogP contribution in [0.3, 0.4) is 0 Å². The lowest BCUT2D eigenvalue weighted by molar-refractivity contribution is -0.114. The number of benzene rings is 1. The normalized spacial score (nSPS) is 11.8. The summed E-state index contributed by atoms with van der Waals surface area (Å²) in [5.41, 5.74) is 3.05. The molecular weight excluding hydrogens is 368 g/mol. The lowest BCUT2D eigenvalue weighted by atomic mass is 10.0. The van der Waals surface area contributed by atoms with Crippen molar-refractivity contribution < 1.29 is 14.3 Å². The molecule has 0 spiro atoms. The Hall–Kier alpha value is -3.22. The van der Waals surface area contributed by atoms with Crippen molar-refractivity contribution in [3.05, 3.63) is 53.0 Å². The number of rotatable bonds is 4. The SMILES string of the molecule is C=NN1C=CC(c2ccc(C(=O)OC)c(NC(C)=O)c2)=NC1=C(C)C.CC.CC. The fourth-order valence-corrected chi connectivity index (χ4v) is 2.31. The number of esters is 1. The number of carbonyl (C=O) groups is 2. The number of hydrogen-bond acceptors (Lipinski definition) is 6. The summed E-state index contributed by atoms with van der Waals surface area (Å²) in [4.78, 5) is 27.9. The number of anilines is 1. The molecule has 0 fully saturated rings. The Bertz CT molecular complexity index is 819. The summed E-state index contributed by atoms with van der Waals surface area (Å²) in [5, 5.41) is 8.13. The maximum absolute atomic E-state index is 11.9. The minimum Gasteiger partial charge on any atom is -0.465 e. The van der Waals surface area contributed by atoms with Crippen molar-refractivity contribution >= 4 is 30.0 Å². The highest BCUT2D eigenvalue weighted by Crippen LogP contribution is 2.24. The van der Waals surface area contributed by atoms with Gasteiger partial charge in [-0.15, -0.1) is 0 Å². The van der Waals surface area contributed by atoms with Crippen LogP contribution in [0, 0.1) is 0 Å². The molecule has 7 nitrogen and oxygen atoms in total. The highest BCUT2D eigenvalue weighted by atomic mass is 16.5. The first-order chi connectivity index (χ1) is 13.9. The molecular formula is C22H32N4O3. The monoisotopic (exact) mass is 400 g/mol. The average Bonchev–Trinajstić information content (AvgIpc) is 2.75. The quantitative estimate of drug-likeness (QED) is 0.571. The molecule has 1 N–H and O–H groups in total. The van der Waals surface area contributed by atoms with Gasteiger partial charge in [-0.25, -0.2) is 14.8 Å². The molecule has 2 rings (SSSR count). The number of nitrogens with zero attached hydrogens (tertiary/aromatic N) is 3. The first kappa shape index (κ1) is 25.8. The number of amides is 1. The van der Waals surface area contributed by atoms with Gasteiger partial charge in [-0.1, -0.05) is 33.8 Å². The summed E-state index contributed by atoms with van der Waals surface area (Å²) >= 11 is 0. The molecule has 0 unspecified atom stereocenters. The fraction of sp³-hybridized carbons (Fsp3) is 0.364. The second-order valence-electron chi connectivity index (χ2n) is 5.56. The number of hydrazone groups is 1. The minimum atomic E-state index is -0.525. The molecule has 0 saturated carbocycles. The second kappa shape index (κ2) is 13.0. The van der Waals surface area contributed by atoms with Crippen LogP contribution in [-0.4, -0.2) is 36.4 Å². The van der Waals surface area contributed by atoms with E-state index in [0.29, 0.717) is 17.2 Å². The van der Waals surface area contributed by atoms with Crippen LogP contribution in [-0.2, 0) is 9.53 Å². The van der Waals surface area contributed by atoms with E-state index in [2.05, 4.69) is 22.1 Å². The maximum atomic E-state index is 11.9. The molecule has 0 saturated heterocycles. The van der Waals surface area contributed by atoms with E-state index in [1.54, 1.807) is 35.5 Å². The van der Waals surface area contributed by atoms with Gasteiger partial charge in [0.1, 0.15) is 0 Å². The Morgan fingerprint density at radius 3 is 2.24 bits per heavy atom. The van der Waals surface area contributed by atoms with Crippen molar-refractivity contribution in [1.29, 1.82) is 0 Å². The van der Waals surface area contributed by atoms with E-state index in [9.17, 15) is 9.59 Å². The molecule has 1 aliphatic heterocycles. The van der Waals surface area contributed by atoms with E-state index in [0.717, 1.165) is 11.1 Å². The summed E-state index contributed by atoms with van der Waals surface area (Å²) < 4.78 is 4.75. The topological polar surface area (TPSA) is 83.4 Å². The standard InChI is InChI=1S/C18H20N4O3.2C2H6/c1-11(2)17-21-15(8-9-22(17)19-4)13-6-7-14(18(24)25-5)16(10-13)20-12(3)23;2*1-2/h6-10H,4H2,1-3,5H3,(H,20,23);2*1-2H3. The zero-order valence-corrected chi connectivity index (χ0v) is 18.7. The van der Waals surface area contributed by atoms with Gasteiger partial charge >= 0.3 is 5.97 Å². The number of aliphatic imine (C=N–C) groups is 1. The molecule has 7 heteroatoms. The molecule has 0 atom stereocenters. The first-order valence-corrected chi connectivity index (χ1v) is 9.58. The van der Waals surface area contributed by atoms with E-state index in [1.165, 1.54) is 14.0 Å². The summed E-state index contributed by atoms with van der Waals surface area (Å²) in [6.07, 6.45) is 3.54. The smallest absolute Gasteiger partial charge is 0.339 e. The summed E-state index contributed by atoms with van der Waals surface area (Å²) in [7, 11) is 1.29. The first-order valence-electron chi connectivity index (χ1n) is 9.58. The molecule has 1 aliphatic rings. The number of ether oxygens (including phenoxy) is 1. The molecule has 1 heterocycles. The van der Waals surface area contributed by atoms with Gasteiger partial charge in [-0.05, 0) is 37.6 Å². The highest BCUT2D eigenvalue weighted by Gasteiger charge is 2.17. The number of carbonyl (C=O) groups excluding carboxylic acids is 2. The van der Waals surface area contributed by atoms with Crippen LogP contribution >= 0.6 is 0 Å². The summed E-state index contributed by atoms with van der Waals surface area (Å²) in [5.74, 6) is -0.135. The third kappa shape index (κ3) is 7.03.